The Kier molecular flexibility index (Phi) is 5.36. The van der Waals surface area contributed by atoms with Gasteiger partial charge in [-0.25, -0.2) is 4.39 Å². The number of carbonyl (C=O) groups is 1. The molecule has 1 aliphatic rings. The van der Waals surface area contributed by atoms with Crippen molar-refractivity contribution in [2.75, 3.05) is 25.0 Å². The topological polar surface area (TPSA) is 69.7 Å². The van der Waals surface area contributed by atoms with E-state index in [1.54, 1.807) is 6.07 Å². The van der Waals surface area contributed by atoms with Crippen LogP contribution >= 0.6 is 0 Å². The van der Waals surface area contributed by atoms with E-state index in [0.29, 0.717) is 6.54 Å². The lowest BCUT2D eigenvalue weighted by Crippen LogP contribution is -2.38. The molecule has 0 spiro atoms. The van der Waals surface area contributed by atoms with Crippen LogP contribution < -0.4 is 5.32 Å². The third kappa shape index (κ3) is 4.09. The Morgan fingerprint density at radius 2 is 1.73 bits per heavy atom. The van der Waals surface area contributed by atoms with Crippen molar-refractivity contribution in [3.8, 4) is 0 Å². The van der Waals surface area contributed by atoms with Gasteiger partial charge in [0.05, 0.1) is 12.2 Å². The zero-order valence-corrected chi connectivity index (χ0v) is 15.2. The normalized spacial score (nSPS) is 17.3. The first kappa shape index (κ1) is 18.5. The molecule has 1 fully saturated rings. The standard InChI is InChI=1S/C18H20FN3O3S/c1-14-6-8-15(9-7-14)12-21-10-11-22(26(21,24)25)13-18(23)20-17-5-3-2-4-16(17)19/h2-9H,10-13H2,1H3,(H,20,23). The summed E-state index contributed by atoms with van der Waals surface area (Å²) < 4.78 is 41.3. The average molecular weight is 377 g/mol. The second-order valence-corrected chi connectivity index (χ2v) is 8.12. The van der Waals surface area contributed by atoms with Crippen molar-refractivity contribution in [2.45, 2.75) is 13.5 Å². The number of carbonyl (C=O) groups excluding carboxylic acids is 1. The Morgan fingerprint density at radius 3 is 2.42 bits per heavy atom. The maximum atomic E-state index is 13.6. The first-order valence-corrected chi connectivity index (χ1v) is 9.61. The smallest absolute Gasteiger partial charge is 0.282 e. The molecule has 8 heteroatoms. The molecule has 0 aromatic heterocycles. The number of nitrogens with zero attached hydrogens (tertiary/aromatic N) is 2. The van der Waals surface area contributed by atoms with Crippen LogP contribution in [0.25, 0.3) is 0 Å². The van der Waals surface area contributed by atoms with Crippen molar-refractivity contribution in [3.05, 3.63) is 65.5 Å². The van der Waals surface area contributed by atoms with Crippen LogP contribution in [0.5, 0.6) is 0 Å². The summed E-state index contributed by atoms with van der Waals surface area (Å²) in [5.74, 6) is -1.14. The van der Waals surface area contributed by atoms with Gasteiger partial charge in [0.15, 0.2) is 0 Å². The van der Waals surface area contributed by atoms with Crippen LogP contribution in [0.15, 0.2) is 48.5 Å². The van der Waals surface area contributed by atoms with Crippen LogP contribution in [-0.4, -0.2) is 42.6 Å². The number of para-hydroxylation sites is 1. The molecule has 0 unspecified atom stereocenters. The highest BCUT2D eigenvalue weighted by Gasteiger charge is 2.37. The van der Waals surface area contributed by atoms with Gasteiger partial charge in [0.2, 0.25) is 5.91 Å². The first-order chi connectivity index (χ1) is 12.4. The van der Waals surface area contributed by atoms with E-state index in [4.69, 9.17) is 0 Å². The van der Waals surface area contributed by atoms with Crippen LogP contribution in [0.3, 0.4) is 0 Å². The van der Waals surface area contributed by atoms with Crippen LogP contribution in [0.1, 0.15) is 11.1 Å². The molecule has 0 saturated carbocycles. The van der Waals surface area contributed by atoms with E-state index in [2.05, 4.69) is 5.32 Å². The predicted octanol–water partition coefficient (Wildman–Crippen LogP) is 2.14. The molecule has 138 valence electrons. The van der Waals surface area contributed by atoms with Crippen molar-refractivity contribution in [1.82, 2.24) is 8.61 Å². The highest BCUT2D eigenvalue weighted by molar-refractivity contribution is 7.87. The molecule has 2 aromatic carbocycles. The minimum Gasteiger partial charge on any atom is -0.322 e. The quantitative estimate of drug-likeness (QED) is 0.868. The Hall–Kier alpha value is -2.29. The predicted molar refractivity (Wildman–Crippen MR) is 97.1 cm³/mol. The maximum absolute atomic E-state index is 13.6. The molecular weight excluding hydrogens is 357 g/mol. The molecule has 1 heterocycles. The number of halogens is 1. The molecule has 0 aliphatic carbocycles. The third-order valence-electron chi connectivity index (χ3n) is 4.20. The summed E-state index contributed by atoms with van der Waals surface area (Å²) in [4.78, 5) is 12.1. The highest BCUT2D eigenvalue weighted by Crippen LogP contribution is 2.20. The monoisotopic (exact) mass is 377 g/mol. The number of nitrogens with one attached hydrogen (secondary N) is 1. The summed E-state index contributed by atoms with van der Waals surface area (Å²) in [5, 5.41) is 2.41. The van der Waals surface area contributed by atoms with Gasteiger partial charge in [-0.2, -0.15) is 17.0 Å². The molecule has 2 aromatic rings. The van der Waals surface area contributed by atoms with Crippen LogP contribution in [-0.2, 0) is 21.5 Å². The number of anilines is 1. The van der Waals surface area contributed by atoms with Gasteiger partial charge in [0, 0.05) is 19.6 Å². The highest BCUT2D eigenvalue weighted by atomic mass is 32.2. The summed E-state index contributed by atoms with van der Waals surface area (Å²) in [6.45, 7) is 2.41. The number of hydrogen-bond donors (Lipinski definition) is 1. The number of aryl methyl sites for hydroxylation is 1. The Morgan fingerprint density at radius 1 is 1.08 bits per heavy atom. The lowest BCUT2D eigenvalue weighted by Gasteiger charge is -2.18. The molecule has 1 saturated heterocycles. The Bertz CT molecular complexity index is 900. The van der Waals surface area contributed by atoms with Gasteiger partial charge in [0.25, 0.3) is 10.2 Å². The molecule has 0 bridgehead atoms. The van der Waals surface area contributed by atoms with Gasteiger partial charge >= 0.3 is 0 Å². The molecule has 0 atom stereocenters. The summed E-state index contributed by atoms with van der Waals surface area (Å²) in [5.41, 5.74) is 2.02. The zero-order chi connectivity index (χ0) is 18.7. The Balaban J connectivity index is 1.63. The van der Waals surface area contributed by atoms with E-state index in [1.807, 2.05) is 31.2 Å². The minimum atomic E-state index is -3.72. The van der Waals surface area contributed by atoms with E-state index in [9.17, 15) is 17.6 Å². The van der Waals surface area contributed by atoms with E-state index in [-0.39, 0.29) is 25.3 Å². The molecule has 3 rings (SSSR count). The van der Waals surface area contributed by atoms with Crippen molar-refractivity contribution < 1.29 is 17.6 Å². The summed E-state index contributed by atoms with van der Waals surface area (Å²) in [6, 6.07) is 13.4. The van der Waals surface area contributed by atoms with Gasteiger partial charge in [-0.05, 0) is 24.6 Å². The van der Waals surface area contributed by atoms with Crippen LogP contribution in [0, 0.1) is 12.7 Å². The molecule has 1 amide bonds. The van der Waals surface area contributed by atoms with Gasteiger partial charge in [-0.1, -0.05) is 42.0 Å². The second kappa shape index (κ2) is 7.53. The van der Waals surface area contributed by atoms with E-state index in [0.717, 1.165) is 15.4 Å². The van der Waals surface area contributed by atoms with E-state index < -0.39 is 21.9 Å². The molecule has 26 heavy (non-hydrogen) atoms. The zero-order valence-electron chi connectivity index (χ0n) is 14.4. The van der Waals surface area contributed by atoms with Gasteiger partial charge in [0.1, 0.15) is 5.82 Å². The van der Waals surface area contributed by atoms with Crippen molar-refractivity contribution >= 4 is 21.8 Å². The largest absolute Gasteiger partial charge is 0.322 e. The number of amides is 1. The molecule has 0 radical (unpaired) electrons. The molecule has 6 nitrogen and oxygen atoms in total. The molecule has 1 aliphatic heterocycles. The summed E-state index contributed by atoms with van der Waals surface area (Å²) >= 11 is 0. The molecule has 1 N–H and O–H groups in total. The summed E-state index contributed by atoms with van der Waals surface area (Å²) in [7, 11) is -3.72. The lowest BCUT2D eigenvalue weighted by molar-refractivity contribution is -0.116. The van der Waals surface area contributed by atoms with E-state index >= 15 is 0 Å². The number of rotatable bonds is 5. The van der Waals surface area contributed by atoms with E-state index in [1.165, 1.54) is 22.5 Å². The van der Waals surface area contributed by atoms with Gasteiger partial charge in [-0.3, -0.25) is 4.79 Å². The first-order valence-electron chi connectivity index (χ1n) is 8.21. The van der Waals surface area contributed by atoms with Gasteiger partial charge in [-0.15, -0.1) is 0 Å². The fourth-order valence-electron chi connectivity index (χ4n) is 2.75. The van der Waals surface area contributed by atoms with Crippen LogP contribution in [0.4, 0.5) is 10.1 Å². The lowest BCUT2D eigenvalue weighted by atomic mass is 10.1. The van der Waals surface area contributed by atoms with Crippen molar-refractivity contribution in [2.24, 2.45) is 0 Å². The van der Waals surface area contributed by atoms with Crippen molar-refractivity contribution in [1.29, 1.82) is 0 Å². The number of hydrogen-bond acceptors (Lipinski definition) is 3. The maximum Gasteiger partial charge on any atom is 0.282 e. The Labute approximate surface area is 152 Å². The van der Waals surface area contributed by atoms with Crippen molar-refractivity contribution in [3.63, 3.8) is 0 Å². The second-order valence-electron chi connectivity index (χ2n) is 6.19. The third-order valence-corrected chi connectivity index (χ3v) is 6.13. The van der Waals surface area contributed by atoms with Crippen LogP contribution in [0.2, 0.25) is 0 Å². The molecular formula is C18H20FN3O3S. The van der Waals surface area contributed by atoms with Gasteiger partial charge < -0.3 is 5.32 Å². The number of benzene rings is 2. The SMILES string of the molecule is Cc1ccc(CN2CCN(CC(=O)Nc3ccccc3F)S2(=O)=O)cc1. The average Bonchev–Trinajstić information content (AvgIpc) is 2.86. The summed E-state index contributed by atoms with van der Waals surface area (Å²) in [6.07, 6.45) is 0. The minimum absolute atomic E-state index is 0.0330. The fraction of sp³-hybridized carbons (Fsp3) is 0.278. The fourth-order valence-corrected chi connectivity index (χ4v) is 4.29.